The predicted octanol–water partition coefficient (Wildman–Crippen LogP) is 1.31. The summed E-state index contributed by atoms with van der Waals surface area (Å²) in [4.78, 5) is 6.56. The molecule has 1 saturated heterocycles. The number of benzene rings is 1. The summed E-state index contributed by atoms with van der Waals surface area (Å²) >= 11 is 0. The van der Waals surface area contributed by atoms with Gasteiger partial charge >= 0.3 is 0 Å². The molecule has 3 rings (SSSR count). The molecule has 1 aliphatic rings. The van der Waals surface area contributed by atoms with Crippen molar-refractivity contribution in [2.75, 3.05) is 40.5 Å². The second kappa shape index (κ2) is 10.4. The Hall–Kier alpha value is -1.72. The predicted molar refractivity (Wildman–Crippen MR) is 110 cm³/mol. The zero-order valence-electron chi connectivity index (χ0n) is 15.0. The van der Waals surface area contributed by atoms with E-state index in [1.165, 1.54) is 0 Å². The van der Waals surface area contributed by atoms with Crippen LogP contribution in [-0.2, 0) is 16.0 Å². The van der Waals surface area contributed by atoms with Crippen LogP contribution in [0.2, 0.25) is 0 Å². The number of aromatic nitrogens is 3. The lowest BCUT2D eigenvalue weighted by Crippen LogP contribution is -2.51. The number of hydrogen-bond acceptors (Lipinski definition) is 5. The first-order chi connectivity index (χ1) is 12.3. The molecule has 1 atom stereocenters. The van der Waals surface area contributed by atoms with Crippen LogP contribution in [0.1, 0.15) is 5.82 Å². The van der Waals surface area contributed by atoms with E-state index in [9.17, 15) is 0 Å². The molecule has 0 radical (unpaired) electrons. The van der Waals surface area contributed by atoms with Gasteiger partial charge in [0, 0.05) is 32.9 Å². The van der Waals surface area contributed by atoms with Gasteiger partial charge in [-0.2, -0.15) is 0 Å². The summed E-state index contributed by atoms with van der Waals surface area (Å²) in [6.07, 6.45) is 1.78. The third-order valence-electron chi connectivity index (χ3n) is 4.06. The number of methoxy groups -OCH3 is 1. The largest absolute Gasteiger partial charge is 0.382 e. The molecule has 0 saturated carbocycles. The fourth-order valence-electron chi connectivity index (χ4n) is 2.87. The van der Waals surface area contributed by atoms with E-state index >= 15 is 0 Å². The molecule has 0 bridgehead atoms. The van der Waals surface area contributed by atoms with Gasteiger partial charge in [-0.1, -0.05) is 18.2 Å². The van der Waals surface area contributed by atoms with Gasteiger partial charge in [0.05, 0.1) is 25.9 Å². The first-order valence-corrected chi connectivity index (χ1v) is 8.32. The first-order valence-electron chi connectivity index (χ1n) is 8.32. The Morgan fingerprint density at radius 2 is 2.19 bits per heavy atom. The molecule has 142 valence electrons. The Balaban J connectivity index is 0.00000243. The average Bonchev–Trinajstić information content (AvgIpc) is 3.12. The molecule has 1 fully saturated rings. The Kier molecular flexibility index (Phi) is 8.26. The smallest absolute Gasteiger partial charge is 0.194 e. The van der Waals surface area contributed by atoms with E-state index in [1.807, 2.05) is 34.9 Å². The molecule has 0 amide bonds. The SMILES string of the molecule is CN=C(NCc1nncn1-c1ccccc1)N1CCOC(COC)C1.I. The minimum absolute atomic E-state index is 0. The fourth-order valence-corrected chi connectivity index (χ4v) is 2.87. The Labute approximate surface area is 170 Å². The summed E-state index contributed by atoms with van der Waals surface area (Å²) in [5, 5.41) is 11.6. The van der Waals surface area contributed by atoms with Crippen molar-refractivity contribution in [1.29, 1.82) is 0 Å². The highest BCUT2D eigenvalue weighted by atomic mass is 127. The number of halogens is 1. The van der Waals surface area contributed by atoms with E-state index in [2.05, 4.69) is 25.4 Å². The van der Waals surface area contributed by atoms with Crippen molar-refractivity contribution in [2.45, 2.75) is 12.6 Å². The highest BCUT2D eigenvalue weighted by molar-refractivity contribution is 14.0. The van der Waals surface area contributed by atoms with Gasteiger partial charge in [0.15, 0.2) is 11.8 Å². The molecule has 8 nitrogen and oxygen atoms in total. The highest BCUT2D eigenvalue weighted by Crippen LogP contribution is 2.10. The maximum Gasteiger partial charge on any atom is 0.194 e. The molecule has 1 aromatic carbocycles. The normalized spacial score (nSPS) is 17.7. The average molecular weight is 472 g/mol. The van der Waals surface area contributed by atoms with Gasteiger partial charge in [-0.25, -0.2) is 0 Å². The number of rotatable bonds is 5. The van der Waals surface area contributed by atoms with Crippen LogP contribution in [0.3, 0.4) is 0 Å². The Bertz CT molecular complexity index is 692. The number of guanidine groups is 1. The third kappa shape index (κ3) is 5.15. The van der Waals surface area contributed by atoms with Crippen LogP contribution in [0.5, 0.6) is 0 Å². The second-order valence-corrected chi connectivity index (χ2v) is 5.75. The van der Waals surface area contributed by atoms with Crippen molar-refractivity contribution in [2.24, 2.45) is 4.99 Å². The zero-order chi connectivity index (χ0) is 17.5. The maximum absolute atomic E-state index is 5.69. The maximum atomic E-state index is 5.69. The minimum Gasteiger partial charge on any atom is -0.382 e. The molecule has 1 N–H and O–H groups in total. The summed E-state index contributed by atoms with van der Waals surface area (Å²) < 4.78 is 12.9. The first kappa shape index (κ1) is 20.6. The van der Waals surface area contributed by atoms with Gasteiger partial charge in [0.1, 0.15) is 6.33 Å². The van der Waals surface area contributed by atoms with Crippen molar-refractivity contribution in [3.8, 4) is 5.69 Å². The van der Waals surface area contributed by atoms with E-state index in [-0.39, 0.29) is 30.1 Å². The van der Waals surface area contributed by atoms with E-state index in [1.54, 1.807) is 20.5 Å². The topological polar surface area (TPSA) is 76.8 Å². The second-order valence-electron chi connectivity index (χ2n) is 5.75. The van der Waals surface area contributed by atoms with E-state index in [0.717, 1.165) is 30.6 Å². The number of nitrogens with one attached hydrogen (secondary N) is 1. The van der Waals surface area contributed by atoms with Crippen molar-refractivity contribution in [3.63, 3.8) is 0 Å². The summed E-state index contributed by atoms with van der Waals surface area (Å²) in [5.74, 6) is 1.65. The van der Waals surface area contributed by atoms with Crippen LogP contribution in [-0.4, -0.2) is 72.2 Å². The Morgan fingerprint density at radius 1 is 1.38 bits per heavy atom. The van der Waals surface area contributed by atoms with Gasteiger partial charge in [0.2, 0.25) is 0 Å². The molecular formula is C17H25IN6O2. The summed E-state index contributed by atoms with van der Waals surface area (Å²) in [6, 6.07) is 10.0. The van der Waals surface area contributed by atoms with Crippen LogP contribution < -0.4 is 5.32 Å². The lowest BCUT2D eigenvalue weighted by molar-refractivity contribution is -0.0447. The van der Waals surface area contributed by atoms with Crippen LogP contribution in [0.25, 0.3) is 5.69 Å². The van der Waals surface area contributed by atoms with Crippen LogP contribution in [0, 0.1) is 0 Å². The molecule has 26 heavy (non-hydrogen) atoms. The molecule has 9 heteroatoms. The van der Waals surface area contributed by atoms with Gasteiger partial charge in [0.25, 0.3) is 0 Å². The number of ether oxygens (including phenoxy) is 2. The minimum atomic E-state index is 0. The van der Waals surface area contributed by atoms with Crippen molar-refractivity contribution < 1.29 is 9.47 Å². The quantitative estimate of drug-likeness (QED) is 0.402. The lowest BCUT2D eigenvalue weighted by Gasteiger charge is -2.34. The van der Waals surface area contributed by atoms with Crippen molar-refractivity contribution >= 4 is 29.9 Å². The Morgan fingerprint density at radius 3 is 2.92 bits per heavy atom. The molecule has 1 unspecified atom stereocenters. The molecule has 0 spiro atoms. The molecule has 2 heterocycles. The van der Waals surface area contributed by atoms with Gasteiger partial charge in [-0.3, -0.25) is 9.56 Å². The fraction of sp³-hybridized carbons (Fsp3) is 0.471. The number of morpholine rings is 1. The summed E-state index contributed by atoms with van der Waals surface area (Å²) in [6.45, 7) is 3.32. The summed E-state index contributed by atoms with van der Waals surface area (Å²) in [5.41, 5.74) is 1.03. The van der Waals surface area contributed by atoms with Crippen LogP contribution >= 0.6 is 24.0 Å². The van der Waals surface area contributed by atoms with E-state index in [4.69, 9.17) is 9.47 Å². The van der Waals surface area contributed by atoms with Gasteiger partial charge in [-0.15, -0.1) is 34.2 Å². The molecular weight excluding hydrogens is 447 g/mol. The number of nitrogens with zero attached hydrogens (tertiary/aromatic N) is 5. The monoisotopic (exact) mass is 472 g/mol. The molecule has 2 aromatic rings. The summed E-state index contributed by atoms with van der Waals surface area (Å²) in [7, 11) is 3.47. The van der Waals surface area contributed by atoms with Gasteiger partial charge < -0.3 is 19.7 Å². The standard InChI is InChI=1S/C17H24N6O2.HI/c1-18-17(22-8-9-25-15(11-22)12-24-2)19-10-16-21-20-13-23(16)14-6-4-3-5-7-14;/h3-7,13,15H,8-12H2,1-2H3,(H,18,19);1H. The van der Waals surface area contributed by atoms with Gasteiger partial charge in [-0.05, 0) is 12.1 Å². The highest BCUT2D eigenvalue weighted by Gasteiger charge is 2.23. The van der Waals surface area contributed by atoms with Crippen molar-refractivity contribution in [1.82, 2.24) is 25.0 Å². The molecule has 1 aromatic heterocycles. The lowest BCUT2D eigenvalue weighted by atomic mass is 10.3. The van der Waals surface area contributed by atoms with Crippen molar-refractivity contribution in [3.05, 3.63) is 42.5 Å². The van der Waals surface area contributed by atoms with E-state index < -0.39 is 0 Å². The molecule has 0 aliphatic carbocycles. The molecule has 1 aliphatic heterocycles. The van der Waals surface area contributed by atoms with Crippen LogP contribution in [0.15, 0.2) is 41.7 Å². The van der Waals surface area contributed by atoms with E-state index in [0.29, 0.717) is 19.8 Å². The number of hydrogen-bond donors (Lipinski definition) is 1. The number of aliphatic imine (C=N–C) groups is 1. The van der Waals surface area contributed by atoms with Crippen LogP contribution in [0.4, 0.5) is 0 Å². The third-order valence-corrected chi connectivity index (χ3v) is 4.06. The zero-order valence-corrected chi connectivity index (χ0v) is 17.4. The number of para-hydroxylation sites is 1.